The first-order chi connectivity index (χ1) is 15.9. The van der Waals surface area contributed by atoms with Crippen LogP contribution in [-0.4, -0.2) is 28.0 Å². The summed E-state index contributed by atoms with van der Waals surface area (Å²) >= 11 is 6.36. The number of esters is 1. The normalized spacial score (nSPS) is 22.6. The number of ether oxygens (including phenoxy) is 1. The third-order valence-electron chi connectivity index (χ3n) is 5.42. The number of rotatable bonds is 3. The molecule has 2 N–H and O–H groups in total. The molecule has 1 heterocycles. The van der Waals surface area contributed by atoms with Crippen molar-refractivity contribution >= 4 is 23.3 Å². The lowest BCUT2D eigenvalue weighted by molar-refractivity contribution is 0.0262. The number of hydrogen-bond acceptors (Lipinski definition) is 6. The Morgan fingerprint density at radius 1 is 1.12 bits per heavy atom. The Kier molecular flexibility index (Phi) is 8.55. The summed E-state index contributed by atoms with van der Waals surface area (Å²) in [6, 6.07) is 10.6. The zero-order valence-electron chi connectivity index (χ0n) is 18.7. The van der Waals surface area contributed by atoms with Gasteiger partial charge in [0.25, 0.3) is 0 Å². The lowest BCUT2D eigenvalue weighted by Crippen LogP contribution is -2.22. The first kappa shape index (κ1) is 24.4. The summed E-state index contributed by atoms with van der Waals surface area (Å²) in [6.45, 7) is 4.02. The fourth-order valence-electron chi connectivity index (χ4n) is 3.36. The van der Waals surface area contributed by atoms with Gasteiger partial charge in [-0.1, -0.05) is 72.2 Å². The van der Waals surface area contributed by atoms with Crippen molar-refractivity contribution in [3.8, 4) is 11.5 Å². The van der Waals surface area contributed by atoms with Crippen molar-refractivity contribution in [2.24, 2.45) is 11.1 Å². The molecule has 33 heavy (non-hydrogen) atoms. The number of nitrogens with zero attached hydrogens (tertiary/aromatic N) is 1. The second kappa shape index (κ2) is 11.6. The fourth-order valence-corrected chi connectivity index (χ4v) is 3.57. The molecule has 0 saturated carbocycles. The van der Waals surface area contributed by atoms with Crippen LogP contribution in [0.4, 0.5) is 0 Å². The van der Waals surface area contributed by atoms with E-state index < -0.39 is 17.8 Å². The van der Waals surface area contributed by atoms with Crippen LogP contribution in [0, 0.1) is 5.92 Å². The molecule has 174 valence electrons. The number of oxime groups is 1. The lowest BCUT2D eigenvalue weighted by Gasteiger charge is -2.20. The molecule has 0 bridgehead atoms. The highest BCUT2D eigenvalue weighted by atomic mass is 35.5. The highest BCUT2D eigenvalue weighted by Crippen LogP contribution is 2.37. The molecule has 7 heteroatoms. The first-order valence-corrected chi connectivity index (χ1v) is 11.2. The van der Waals surface area contributed by atoms with Crippen molar-refractivity contribution < 1.29 is 24.6 Å². The smallest absolute Gasteiger partial charge is 0.342 e. The number of halogens is 1. The van der Waals surface area contributed by atoms with Gasteiger partial charge in [-0.3, -0.25) is 0 Å². The molecule has 0 aromatic heterocycles. The van der Waals surface area contributed by atoms with E-state index >= 15 is 0 Å². The Morgan fingerprint density at radius 2 is 1.85 bits per heavy atom. The average molecular weight is 470 g/mol. The SMILES string of the molecule is CC1/C=C/CC/C=C/C(=N\OCc2ccccc2)Cc2c(Cl)c(O)cc(O)c2C(=O)O[C@@H]1C. The Bertz CT molecular complexity index is 1060. The van der Waals surface area contributed by atoms with E-state index in [2.05, 4.69) is 5.16 Å². The van der Waals surface area contributed by atoms with Gasteiger partial charge in [-0.2, -0.15) is 0 Å². The fraction of sp³-hybridized carbons (Fsp3) is 0.308. The number of hydrogen-bond donors (Lipinski definition) is 2. The molecule has 3 rings (SSSR count). The number of phenolic OH excluding ortho intramolecular Hbond substituents is 2. The summed E-state index contributed by atoms with van der Waals surface area (Å²) in [5.74, 6) is -1.47. The first-order valence-electron chi connectivity index (χ1n) is 10.9. The minimum atomic E-state index is -0.720. The molecular formula is C26H28ClNO5. The number of benzene rings is 2. The molecule has 1 aliphatic heterocycles. The highest BCUT2D eigenvalue weighted by Gasteiger charge is 2.26. The molecule has 2 aromatic carbocycles. The van der Waals surface area contributed by atoms with Gasteiger partial charge < -0.3 is 19.8 Å². The molecule has 1 unspecified atom stereocenters. The molecular weight excluding hydrogens is 442 g/mol. The number of aromatic hydroxyl groups is 2. The number of carbonyl (C=O) groups excluding carboxylic acids is 1. The van der Waals surface area contributed by atoms with E-state index in [4.69, 9.17) is 21.2 Å². The molecule has 2 atom stereocenters. The van der Waals surface area contributed by atoms with Gasteiger partial charge in [0.2, 0.25) is 0 Å². The summed E-state index contributed by atoms with van der Waals surface area (Å²) in [4.78, 5) is 18.5. The summed E-state index contributed by atoms with van der Waals surface area (Å²) in [5, 5.41) is 24.8. The molecule has 6 nitrogen and oxygen atoms in total. The number of allylic oxidation sites excluding steroid dienone is 3. The maximum Gasteiger partial charge on any atom is 0.342 e. The van der Waals surface area contributed by atoms with E-state index in [9.17, 15) is 15.0 Å². The number of carbonyl (C=O) groups is 1. The molecule has 0 fully saturated rings. The van der Waals surface area contributed by atoms with Crippen molar-refractivity contribution in [3.05, 3.63) is 82.4 Å². The van der Waals surface area contributed by atoms with E-state index in [1.165, 1.54) is 0 Å². The molecule has 0 aliphatic carbocycles. The molecule has 1 aliphatic rings. The van der Waals surface area contributed by atoms with Gasteiger partial charge in [0, 0.05) is 18.4 Å². The Balaban J connectivity index is 1.99. The Labute approximate surface area is 198 Å². The van der Waals surface area contributed by atoms with Crippen LogP contribution < -0.4 is 0 Å². The third-order valence-corrected chi connectivity index (χ3v) is 5.84. The van der Waals surface area contributed by atoms with Crippen molar-refractivity contribution in [2.45, 2.75) is 45.8 Å². The second-order valence-corrected chi connectivity index (χ2v) is 8.36. The van der Waals surface area contributed by atoms with Gasteiger partial charge in [0.15, 0.2) is 0 Å². The Hall–Kier alpha value is -3.25. The summed E-state index contributed by atoms with van der Waals surface area (Å²) in [6.07, 6.45) is 9.03. The van der Waals surface area contributed by atoms with Crippen molar-refractivity contribution in [2.75, 3.05) is 0 Å². The topological polar surface area (TPSA) is 88.4 Å². The minimum absolute atomic E-state index is 0.0115. The quantitative estimate of drug-likeness (QED) is 0.329. The second-order valence-electron chi connectivity index (χ2n) is 7.98. The van der Waals surface area contributed by atoms with Crippen LogP contribution in [0.1, 0.15) is 48.2 Å². The van der Waals surface area contributed by atoms with Crippen LogP contribution in [0.2, 0.25) is 5.02 Å². The van der Waals surface area contributed by atoms with Gasteiger partial charge in [-0.05, 0) is 37.0 Å². The van der Waals surface area contributed by atoms with Crippen molar-refractivity contribution in [1.29, 1.82) is 0 Å². The molecule has 0 radical (unpaired) electrons. The third kappa shape index (κ3) is 6.62. The summed E-state index contributed by atoms with van der Waals surface area (Å²) in [7, 11) is 0. The zero-order chi connectivity index (χ0) is 23.8. The standard InChI is InChI=1S/C26H28ClNO5/c1-17-10-6-3-4-9-13-20(28-32-16-19-11-7-5-8-12-19)14-21-24(26(31)33-18(17)2)22(29)15-23(30)25(21)27/h5-13,15,17-18,29-30H,3-4,14,16H2,1-2H3/b10-6+,13-9+,28-20+/t17?,18-/m1/s1. The maximum atomic E-state index is 13.0. The van der Waals surface area contributed by atoms with Gasteiger partial charge >= 0.3 is 5.97 Å². The van der Waals surface area contributed by atoms with E-state index in [0.29, 0.717) is 5.71 Å². The van der Waals surface area contributed by atoms with Gasteiger partial charge in [0.1, 0.15) is 29.8 Å². The van der Waals surface area contributed by atoms with Crippen LogP contribution in [0.5, 0.6) is 11.5 Å². The van der Waals surface area contributed by atoms with Crippen LogP contribution in [0.3, 0.4) is 0 Å². The Morgan fingerprint density at radius 3 is 2.61 bits per heavy atom. The van der Waals surface area contributed by atoms with E-state index in [-0.39, 0.29) is 40.8 Å². The van der Waals surface area contributed by atoms with Crippen molar-refractivity contribution in [3.63, 3.8) is 0 Å². The van der Waals surface area contributed by atoms with Gasteiger partial charge in [0.05, 0.1) is 10.7 Å². The molecule has 0 amide bonds. The van der Waals surface area contributed by atoms with Crippen LogP contribution in [0.15, 0.2) is 65.9 Å². The number of fused-ring (bicyclic) bond motifs is 1. The largest absolute Gasteiger partial charge is 0.507 e. The highest BCUT2D eigenvalue weighted by molar-refractivity contribution is 6.33. The van der Waals surface area contributed by atoms with Crippen LogP contribution in [-0.2, 0) is 22.6 Å². The van der Waals surface area contributed by atoms with E-state index in [0.717, 1.165) is 24.5 Å². The monoisotopic (exact) mass is 469 g/mol. The predicted molar refractivity (Wildman–Crippen MR) is 129 cm³/mol. The summed E-state index contributed by atoms with van der Waals surface area (Å²) in [5.41, 5.74) is 1.56. The average Bonchev–Trinajstić information content (AvgIpc) is 2.79. The zero-order valence-corrected chi connectivity index (χ0v) is 19.5. The maximum absolute atomic E-state index is 13.0. The molecule has 2 aromatic rings. The van der Waals surface area contributed by atoms with E-state index in [1.54, 1.807) is 13.0 Å². The van der Waals surface area contributed by atoms with Crippen LogP contribution >= 0.6 is 11.6 Å². The molecule has 0 spiro atoms. The van der Waals surface area contributed by atoms with Gasteiger partial charge in [-0.15, -0.1) is 0 Å². The summed E-state index contributed by atoms with van der Waals surface area (Å²) < 4.78 is 5.60. The lowest BCUT2D eigenvalue weighted by atomic mass is 9.98. The van der Waals surface area contributed by atoms with E-state index in [1.807, 2.05) is 55.5 Å². The van der Waals surface area contributed by atoms with Gasteiger partial charge in [-0.25, -0.2) is 4.79 Å². The minimum Gasteiger partial charge on any atom is -0.507 e. The predicted octanol–water partition coefficient (Wildman–Crippen LogP) is 5.95. The van der Waals surface area contributed by atoms with Crippen LogP contribution in [0.25, 0.3) is 0 Å². The number of cyclic esters (lactones) is 1. The van der Waals surface area contributed by atoms with Crippen molar-refractivity contribution in [1.82, 2.24) is 0 Å². The molecule has 0 saturated heterocycles. The number of phenols is 2.